The number of nitrogens with zero attached hydrogens (tertiary/aromatic N) is 3. The molecule has 0 aliphatic rings. The molecule has 0 saturated heterocycles. The number of methoxy groups -OCH3 is 1. The Bertz CT molecular complexity index is 1120. The summed E-state index contributed by atoms with van der Waals surface area (Å²) in [5.74, 6) is -1.12. The molecule has 0 aliphatic heterocycles. The number of ether oxygens (including phenoxy) is 1. The molecule has 0 unspecified atom stereocenters. The number of aromatic nitrogens is 2. The topological polar surface area (TPSA) is 137 Å². The van der Waals surface area contributed by atoms with Crippen molar-refractivity contribution in [3.63, 3.8) is 0 Å². The number of halogens is 1. The van der Waals surface area contributed by atoms with E-state index in [1.807, 2.05) is 0 Å². The van der Waals surface area contributed by atoms with Crippen LogP contribution in [0.2, 0.25) is 5.02 Å². The number of anilines is 1. The van der Waals surface area contributed by atoms with Gasteiger partial charge in [0, 0.05) is 11.8 Å². The first-order chi connectivity index (χ1) is 14.4. The molecule has 3 aromatic rings. The minimum atomic E-state index is -0.626. The van der Waals surface area contributed by atoms with Crippen molar-refractivity contribution in [2.75, 3.05) is 18.2 Å². The van der Waals surface area contributed by atoms with Gasteiger partial charge in [0.25, 0.3) is 16.8 Å². The number of rotatable bonds is 7. The molecule has 0 spiro atoms. The normalized spacial score (nSPS) is 10.5. The Labute approximate surface area is 178 Å². The molecule has 1 aromatic heterocycles. The van der Waals surface area contributed by atoms with Crippen LogP contribution in [0.5, 0.6) is 0 Å². The van der Waals surface area contributed by atoms with E-state index in [1.165, 1.54) is 43.5 Å². The monoisotopic (exact) mass is 448 g/mol. The van der Waals surface area contributed by atoms with E-state index in [0.717, 1.165) is 11.8 Å². The highest BCUT2D eigenvalue weighted by Crippen LogP contribution is 2.30. The predicted molar refractivity (Wildman–Crippen MR) is 109 cm³/mol. The van der Waals surface area contributed by atoms with Crippen LogP contribution in [0.25, 0.3) is 11.5 Å². The molecule has 1 N–H and O–H groups in total. The zero-order valence-electron chi connectivity index (χ0n) is 15.3. The van der Waals surface area contributed by atoms with Crippen LogP contribution in [-0.4, -0.2) is 39.9 Å². The van der Waals surface area contributed by atoms with Crippen LogP contribution in [-0.2, 0) is 9.53 Å². The highest BCUT2D eigenvalue weighted by molar-refractivity contribution is 7.99. The third kappa shape index (κ3) is 4.93. The molecule has 10 nitrogen and oxygen atoms in total. The van der Waals surface area contributed by atoms with Crippen molar-refractivity contribution in [2.45, 2.75) is 5.22 Å². The summed E-state index contributed by atoms with van der Waals surface area (Å²) in [5.41, 5.74) is 0.495. The molecule has 3 rings (SSSR count). The molecule has 0 saturated carbocycles. The highest BCUT2D eigenvalue weighted by Gasteiger charge is 2.20. The minimum Gasteiger partial charge on any atom is -0.465 e. The lowest BCUT2D eigenvalue weighted by atomic mass is 10.2. The SMILES string of the molecule is COC(=O)c1cc(NC(=O)CSc2nnc(-c3ccccc3[N+](=O)[O-])o2)ccc1Cl. The maximum atomic E-state index is 12.2. The molecule has 0 fully saturated rings. The Morgan fingerprint density at radius 3 is 2.77 bits per heavy atom. The molecule has 12 heteroatoms. The van der Waals surface area contributed by atoms with Gasteiger partial charge in [0.1, 0.15) is 5.56 Å². The average Bonchev–Trinajstić information content (AvgIpc) is 3.22. The summed E-state index contributed by atoms with van der Waals surface area (Å²) in [4.78, 5) is 34.4. The lowest BCUT2D eigenvalue weighted by Gasteiger charge is -2.07. The fraction of sp³-hybridized carbons (Fsp3) is 0.111. The Kier molecular flexibility index (Phi) is 6.65. The van der Waals surface area contributed by atoms with E-state index in [9.17, 15) is 19.7 Å². The summed E-state index contributed by atoms with van der Waals surface area (Å²) in [6.07, 6.45) is 0. The van der Waals surface area contributed by atoms with Crippen molar-refractivity contribution in [1.82, 2.24) is 10.2 Å². The quantitative estimate of drug-likeness (QED) is 0.247. The molecule has 2 aromatic carbocycles. The van der Waals surface area contributed by atoms with E-state index in [-0.39, 0.29) is 38.7 Å². The fourth-order valence-electron chi connectivity index (χ4n) is 2.38. The fourth-order valence-corrected chi connectivity index (χ4v) is 3.14. The van der Waals surface area contributed by atoms with Gasteiger partial charge in [0.2, 0.25) is 5.91 Å². The lowest BCUT2D eigenvalue weighted by Crippen LogP contribution is -2.14. The number of esters is 1. The van der Waals surface area contributed by atoms with Crippen molar-refractivity contribution in [1.29, 1.82) is 0 Å². The van der Waals surface area contributed by atoms with Crippen LogP contribution < -0.4 is 5.32 Å². The van der Waals surface area contributed by atoms with E-state index < -0.39 is 16.8 Å². The van der Waals surface area contributed by atoms with Crippen LogP contribution in [0.4, 0.5) is 11.4 Å². The van der Waals surface area contributed by atoms with Gasteiger partial charge in [0.05, 0.1) is 28.4 Å². The summed E-state index contributed by atoms with van der Waals surface area (Å²) in [6.45, 7) is 0. The van der Waals surface area contributed by atoms with Gasteiger partial charge in [-0.1, -0.05) is 35.5 Å². The minimum absolute atomic E-state index is 0.0226. The van der Waals surface area contributed by atoms with Crippen LogP contribution in [0.1, 0.15) is 10.4 Å². The number of carbonyl (C=O) groups excluding carboxylic acids is 2. The van der Waals surface area contributed by atoms with E-state index in [0.29, 0.717) is 5.69 Å². The standard InChI is InChI=1S/C18H13ClN4O6S/c1-28-17(25)12-8-10(6-7-13(12)19)20-15(24)9-30-18-22-21-16(29-18)11-4-2-3-5-14(11)23(26)27/h2-8H,9H2,1H3,(H,20,24). The Balaban J connectivity index is 1.64. The molecule has 154 valence electrons. The van der Waals surface area contributed by atoms with Gasteiger partial charge in [0.15, 0.2) is 0 Å². The third-order valence-electron chi connectivity index (χ3n) is 3.72. The number of amides is 1. The van der Waals surface area contributed by atoms with E-state index in [2.05, 4.69) is 20.3 Å². The largest absolute Gasteiger partial charge is 0.465 e. The number of nitrogens with one attached hydrogen (secondary N) is 1. The van der Waals surface area contributed by atoms with Crippen molar-refractivity contribution >= 4 is 46.6 Å². The van der Waals surface area contributed by atoms with Gasteiger partial charge in [-0.15, -0.1) is 10.2 Å². The van der Waals surface area contributed by atoms with Gasteiger partial charge in [-0.2, -0.15) is 0 Å². The van der Waals surface area contributed by atoms with Gasteiger partial charge < -0.3 is 14.5 Å². The number of hydrogen-bond acceptors (Lipinski definition) is 9. The summed E-state index contributed by atoms with van der Waals surface area (Å²) >= 11 is 6.90. The first kappa shape index (κ1) is 21.3. The summed E-state index contributed by atoms with van der Waals surface area (Å²) < 4.78 is 10.1. The molecule has 30 heavy (non-hydrogen) atoms. The third-order valence-corrected chi connectivity index (χ3v) is 4.87. The number of thioether (sulfide) groups is 1. The molecular weight excluding hydrogens is 436 g/mol. The molecule has 0 aliphatic carbocycles. The second-order valence-electron chi connectivity index (χ2n) is 5.67. The van der Waals surface area contributed by atoms with Crippen molar-refractivity contribution in [3.8, 4) is 11.5 Å². The molecule has 0 atom stereocenters. The zero-order valence-corrected chi connectivity index (χ0v) is 16.9. The lowest BCUT2D eigenvalue weighted by molar-refractivity contribution is -0.384. The van der Waals surface area contributed by atoms with E-state index >= 15 is 0 Å². The number of carbonyl (C=O) groups is 2. The van der Waals surface area contributed by atoms with Crippen LogP contribution in [0.15, 0.2) is 52.1 Å². The van der Waals surface area contributed by atoms with Crippen LogP contribution in [0.3, 0.4) is 0 Å². The maximum Gasteiger partial charge on any atom is 0.339 e. The van der Waals surface area contributed by atoms with Crippen LogP contribution in [0, 0.1) is 10.1 Å². The Morgan fingerprint density at radius 1 is 1.27 bits per heavy atom. The van der Waals surface area contributed by atoms with E-state index in [1.54, 1.807) is 6.07 Å². The number of nitro groups is 1. The maximum absolute atomic E-state index is 12.2. The highest BCUT2D eigenvalue weighted by atomic mass is 35.5. The van der Waals surface area contributed by atoms with Gasteiger partial charge in [-0.05, 0) is 24.3 Å². The number of nitro benzene ring substituents is 1. The van der Waals surface area contributed by atoms with Crippen molar-refractivity contribution in [2.24, 2.45) is 0 Å². The number of para-hydroxylation sites is 1. The second kappa shape index (κ2) is 9.37. The Hall–Kier alpha value is -3.44. The summed E-state index contributed by atoms with van der Waals surface area (Å²) in [6, 6.07) is 10.4. The number of benzene rings is 2. The first-order valence-corrected chi connectivity index (χ1v) is 9.63. The molecular formula is C18H13ClN4O6S. The smallest absolute Gasteiger partial charge is 0.339 e. The average molecular weight is 449 g/mol. The van der Waals surface area contributed by atoms with Gasteiger partial charge in [-0.3, -0.25) is 14.9 Å². The van der Waals surface area contributed by atoms with Crippen molar-refractivity contribution in [3.05, 3.63) is 63.2 Å². The predicted octanol–water partition coefficient (Wildman–Crippen LogP) is 3.82. The molecule has 1 heterocycles. The molecule has 0 radical (unpaired) electrons. The Morgan fingerprint density at radius 2 is 2.03 bits per heavy atom. The zero-order chi connectivity index (χ0) is 21.7. The first-order valence-electron chi connectivity index (χ1n) is 8.27. The molecule has 0 bridgehead atoms. The van der Waals surface area contributed by atoms with Crippen LogP contribution >= 0.6 is 23.4 Å². The molecule has 1 amide bonds. The van der Waals surface area contributed by atoms with E-state index in [4.69, 9.17) is 16.0 Å². The second-order valence-corrected chi connectivity index (χ2v) is 7.00. The summed E-state index contributed by atoms with van der Waals surface area (Å²) in [5, 5.41) is 21.6. The van der Waals surface area contributed by atoms with Crippen molar-refractivity contribution < 1.29 is 23.7 Å². The summed E-state index contributed by atoms with van der Waals surface area (Å²) in [7, 11) is 1.23. The van der Waals surface area contributed by atoms with Gasteiger partial charge >= 0.3 is 5.97 Å². The number of hydrogen-bond donors (Lipinski definition) is 1. The van der Waals surface area contributed by atoms with Gasteiger partial charge in [-0.25, -0.2) is 4.79 Å².